The number of aromatic nitrogens is 4. The molecule has 0 aliphatic carbocycles. The van der Waals surface area contributed by atoms with Crippen LogP contribution in [-0.4, -0.2) is 25.5 Å². The summed E-state index contributed by atoms with van der Waals surface area (Å²) in [6.07, 6.45) is 5.07. The number of anilines is 1. The molecule has 33 heavy (non-hydrogen) atoms. The predicted molar refractivity (Wildman–Crippen MR) is 129 cm³/mol. The molecule has 1 amide bonds. The predicted octanol–water partition coefficient (Wildman–Crippen LogP) is 5.37. The minimum Gasteiger partial charge on any atom is -0.471 e. The SMILES string of the molecule is CC(C)(C)c1ccc(OCn2ccc(C(=O)Nc3cnn(Cc4cccc(Cl)c4)c3)n2)cc1. The molecular weight excluding hydrogens is 438 g/mol. The van der Waals surface area contributed by atoms with Gasteiger partial charge in [0.25, 0.3) is 5.91 Å². The Hall–Kier alpha value is -3.58. The van der Waals surface area contributed by atoms with Crippen molar-refractivity contribution in [3.05, 3.63) is 95.0 Å². The second kappa shape index (κ2) is 9.50. The molecule has 2 heterocycles. The molecule has 0 atom stereocenters. The number of hydrogen-bond donors (Lipinski definition) is 1. The topological polar surface area (TPSA) is 74.0 Å². The summed E-state index contributed by atoms with van der Waals surface area (Å²) in [6.45, 7) is 7.27. The first-order valence-corrected chi connectivity index (χ1v) is 11.0. The molecule has 0 bridgehead atoms. The van der Waals surface area contributed by atoms with Crippen molar-refractivity contribution in [1.29, 1.82) is 0 Å². The Morgan fingerprint density at radius 3 is 2.61 bits per heavy atom. The van der Waals surface area contributed by atoms with E-state index < -0.39 is 0 Å². The summed E-state index contributed by atoms with van der Waals surface area (Å²) in [5, 5.41) is 12.1. The van der Waals surface area contributed by atoms with Crippen LogP contribution in [-0.2, 0) is 18.7 Å². The van der Waals surface area contributed by atoms with Gasteiger partial charge in [0.15, 0.2) is 12.4 Å². The van der Waals surface area contributed by atoms with Crippen LogP contribution in [0.15, 0.2) is 73.2 Å². The Labute approximate surface area is 197 Å². The minimum atomic E-state index is -0.314. The lowest BCUT2D eigenvalue weighted by Gasteiger charge is -2.19. The summed E-state index contributed by atoms with van der Waals surface area (Å²) < 4.78 is 9.10. The first kappa shape index (κ1) is 22.6. The van der Waals surface area contributed by atoms with Crippen LogP contribution in [0.3, 0.4) is 0 Å². The van der Waals surface area contributed by atoms with Gasteiger partial charge in [0.05, 0.1) is 18.4 Å². The fourth-order valence-corrected chi connectivity index (χ4v) is 3.49. The molecule has 4 aromatic rings. The molecule has 170 valence electrons. The van der Waals surface area contributed by atoms with Crippen LogP contribution in [0.25, 0.3) is 0 Å². The molecule has 8 heteroatoms. The largest absolute Gasteiger partial charge is 0.471 e. The van der Waals surface area contributed by atoms with Gasteiger partial charge in [0, 0.05) is 17.4 Å². The van der Waals surface area contributed by atoms with Crippen LogP contribution in [0, 0.1) is 0 Å². The van der Waals surface area contributed by atoms with Gasteiger partial charge in [-0.3, -0.25) is 9.48 Å². The molecule has 2 aromatic carbocycles. The molecule has 0 saturated carbocycles. The van der Waals surface area contributed by atoms with Crippen LogP contribution in [0.4, 0.5) is 5.69 Å². The lowest BCUT2D eigenvalue weighted by atomic mass is 9.87. The van der Waals surface area contributed by atoms with Crippen molar-refractivity contribution in [2.75, 3.05) is 5.32 Å². The van der Waals surface area contributed by atoms with Crippen LogP contribution in [0.2, 0.25) is 5.02 Å². The molecule has 2 aromatic heterocycles. The van der Waals surface area contributed by atoms with Crippen molar-refractivity contribution < 1.29 is 9.53 Å². The van der Waals surface area contributed by atoms with Crippen molar-refractivity contribution in [2.24, 2.45) is 0 Å². The highest BCUT2D eigenvalue weighted by atomic mass is 35.5. The highest BCUT2D eigenvalue weighted by Crippen LogP contribution is 2.24. The summed E-state index contributed by atoms with van der Waals surface area (Å²) in [4.78, 5) is 12.6. The summed E-state index contributed by atoms with van der Waals surface area (Å²) in [5.41, 5.74) is 3.24. The number of ether oxygens (including phenoxy) is 1. The molecule has 0 radical (unpaired) electrons. The van der Waals surface area contributed by atoms with Gasteiger partial charge in [-0.1, -0.05) is 56.6 Å². The monoisotopic (exact) mass is 463 g/mol. The second-order valence-corrected chi connectivity index (χ2v) is 9.24. The van der Waals surface area contributed by atoms with Crippen molar-refractivity contribution in [3.63, 3.8) is 0 Å². The third-order valence-electron chi connectivity index (χ3n) is 5.08. The zero-order chi connectivity index (χ0) is 23.4. The molecule has 0 aliphatic rings. The van der Waals surface area contributed by atoms with E-state index >= 15 is 0 Å². The van der Waals surface area contributed by atoms with E-state index in [2.05, 4.69) is 48.4 Å². The third kappa shape index (κ3) is 6.02. The van der Waals surface area contributed by atoms with Crippen molar-refractivity contribution in [3.8, 4) is 5.75 Å². The molecule has 0 fully saturated rings. The first-order chi connectivity index (χ1) is 15.8. The van der Waals surface area contributed by atoms with Crippen LogP contribution >= 0.6 is 11.6 Å². The Kier molecular flexibility index (Phi) is 6.51. The summed E-state index contributed by atoms with van der Waals surface area (Å²) in [6, 6.07) is 17.2. The van der Waals surface area contributed by atoms with E-state index in [1.807, 2.05) is 36.4 Å². The van der Waals surface area contributed by atoms with Gasteiger partial charge in [-0.25, -0.2) is 4.68 Å². The van der Waals surface area contributed by atoms with Gasteiger partial charge in [-0.05, 0) is 46.9 Å². The van der Waals surface area contributed by atoms with E-state index in [1.165, 1.54) is 5.56 Å². The fourth-order valence-electron chi connectivity index (χ4n) is 3.28. The van der Waals surface area contributed by atoms with E-state index in [0.717, 1.165) is 11.3 Å². The maximum atomic E-state index is 12.6. The number of halogens is 1. The number of nitrogens with one attached hydrogen (secondary N) is 1. The van der Waals surface area contributed by atoms with Crippen molar-refractivity contribution in [2.45, 2.75) is 39.5 Å². The fraction of sp³-hybridized carbons (Fsp3) is 0.240. The van der Waals surface area contributed by atoms with Gasteiger partial charge in [-0.15, -0.1) is 0 Å². The number of hydrogen-bond acceptors (Lipinski definition) is 4. The molecule has 0 spiro atoms. The number of amides is 1. The van der Waals surface area contributed by atoms with E-state index in [1.54, 1.807) is 34.0 Å². The molecule has 7 nitrogen and oxygen atoms in total. The number of rotatable bonds is 7. The van der Waals surface area contributed by atoms with Crippen LogP contribution in [0.5, 0.6) is 5.75 Å². The molecule has 0 saturated heterocycles. The number of benzene rings is 2. The Morgan fingerprint density at radius 2 is 1.88 bits per heavy atom. The molecule has 0 aliphatic heterocycles. The molecule has 4 rings (SSSR count). The van der Waals surface area contributed by atoms with E-state index in [0.29, 0.717) is 22.9 Å². The van der Waals surface area contributed by atoms with Gasteiger partial charge in [0.2, 0.25) is 0 Å². The molecule has 0 unspecified atom stereocenters. The van der Waals surface area contributed by atoms with Crippen LogP contribution in [0.1, 0.15) is 42.4 Å². The average molecular weight is 464 g/mol. The highest BCUT2D eigenvalue weighted by Gasteiger charge is 2.14. The zero-order valence-electron chi connectivity index (χ0n) is 18.8. The highest BCUT2D eigenvalue weighted by molar-refractivity contribution is 6.30. The standard InChI is InChI=1S/C25H26ClN5O2/c1-25(2,3)19-7-9-22(10-8-19)33-17-30-12-11-23(29-30)24(32)28-21-14-27-31(16-21)15-18-5-4-6-20(26)13-18/h4-14,16H,15,17H2,1-3H3,(H,28,32). The maximum absolute atomic E-state index is 12.6. The molecular formula is C25H26ClN5O2. The van der Waals surface area contributed by atoms with E-state index in [9.17, 15) is 4.79 Å². The van der Waals surface area contributed by atoms with Crippen LogP contribution < -0.4 is 10.1 Å². The summed E-state index contributed by atoms with van der Waals surface area (Å²) in [5.74, 6) is 0.433. The molecule has 1 N–H and O–H groups in total. The normalized spacial score (nSPS) is 11.4. The van der Waals surface area contributed by atoms with Crippen molar-refractivity contribution >= 4 is 23.2 Å². The number of carbonyl (C=O) groups excluding carboxylic acids is 1. The Balaban J connectivity index is 1.31. The Bertz CT molecular complexity index is 1240. The maximum Gasteiger partial charge on any atom is 0.276 e. The smallest absolute Gasteiger partial charge is 0.276 e. The van der Waals surface area contributed by atoms with Gasteiger partial charge in [0.1, 0.15) is 5.75 Å². The zero-order valence-corrected chi connectivity index (χ0v) is 19.6. The third-order valence-corrected chi connectivity index (χ3v) is 5.32. The minimum absolute atomic E-state index is 0.0918. The Morgan fingerprint density at radius 1 is 1.09 bits per heavy atom. The summed E-state index contributed by atoms with van der Waals surface area (Å²) in [7, 11) is 0. The average Bonchev–Trinajstić information content (AvgIpc) is 3.42. The van der Waals surface area contributed by atoms with Gasteiger partial charge >= 0.3 is 0 Å². The van der Waals surface area contributed by atoms with Gasteiger partial charge in [-0.2, -0.15) is 10.2 Å². The van der Waals surface area contributed by atoms with E-state index in [-0.39, 0.29) is 18.1 Å². The summed E-state index contributed by atoms with van der Waals surface area (Å²) >= 11 is 6.03. The van der Waals surface area contributed by atoms with E-state index in [4.69, 9.17) is 16.3 Å². The first-order valence-electron chi connectivity index (χ1n) is 10.6. The second-order valence-electron chi connectivity index (χ2n) is 8.80. The lowest BCUT2D eigenvalue weighted by molar-refractivity contribution is 0.102. The van der Waals surface area contributed by atoms with Crippen molar-refractivity contribution in [1.82, 2.24) is 19.6 Å². The quantitative estimate of drug-likeness (QED) is 0.400. The lowest BCUT2D eigenvalue weighted by Crippen LogP contribution is -2.14. The number of carbonyl (C=O) groups is 1. The number of nitrogens with zero attached hydrogens (tertiary/aromatic N) is 4. The van der Waals surface area contributed by atoms with Gasteiger partial charge < -0.3 is 10.1 Å².